The summed E-state index contributed by atoms with van der Waals surface area (Å²) in [6.07, 6.45) is -1.03. The molecule has 0 aliphatic carbocycles. The summed E-state index contributed by atoms with van der Waals surface area (Å²) >= 11 is 11.7. The van der Waals surface area contributed by atoms with E-state index >= 15 is 0 Å². The van der Waals surface area contributed by atoms with Gasteiger partial charge in [-0.05, 0) is 35.4 Å². The third kappa shape index (κ3) is 4.70. The van der Waals surface area contributed by atoms with Crippen molar-refractivity contribution in [3.05, 3.63) is 69.5 Å². The third-order valence-electron chi connectivity index (χ3n) is 3.07. The van der Waals surface area contributed by atoms with Crippen molar-refractivity contribution in [2.45, 2.75) is 12.5 Å². The molecule has 3 nitrogen and oxygen atoms in total. The van der Waals surface area contributed by atoms with Crippen molar-refractivity contribution in [2.24, 2.45) is 0 Å². The van der Waals surface area contributed by atoms with Crippen molar-refractivity contribution in [1.82, 2.24) is 5.32 Å². The Hall–Kier alpha value is -1.62. The number of amides is 1. The van der Waals surface area contributed by atoms with Crippen molar-refractivity contribution in [2.75, 3.05) is 6.54 Å². The van der Waals surface area contributed by atoms with Crippen molar-refractivity contribution in [1.29, 1.82) is 0 Å². The molecular weight excluding hydrogens is 328 g/mol. The minimum atomic E-state index is -0.944. The summed E-state index contributed by atoms with van der Waals surface area (Å²) in [7, 11) is 0. The molecule has 1 amide bonds. The lowest BCUT2D eigenvalue weighted by molar-refractivity contribution is -0.120. The maximum atomic E-state index is 13.4. The zero-order valence-corrected chi connectivity index (χ0v) is 13.0. The molecule has 0 aliphatic heterocycles. The highest BCUT2D eigenvalue weighted by Crippen LogP contribution is 2.23. The number of carbonyl (C=O) groups excluding carboxylic acids is 1. The van der Waals surface area contributed by atoms with Gasteiger partial charge in [0, 0.05) is 16.6 Å². The monoisotopic (exact) mass is 341 g/mol. The van der Waals surface area contributed by atoms with Crippen LogP contribution < -0.4 is 5.32 Å². The van der Waals surface area contributed by atoms with Gasteiger partial charge in [0.1, 0.15) is 5.82 Å². The number of aliphatic hydroxyl groups is 1. The Bertz CT molecular complexity index is 659. The quantitative estimate of drug-likeness (QED) is 0.873. The van der Waals surface area contributed by atoms with Crippen LogP contribution >= 0.6 is 23.2 Å². The molecule has 0 spiro atoms. The Morgan fingerprint density at radius 1 is 1.18 bits per heavy atom. The summed E-state index contributed by atoms with van der Waals surface area (Å²) in [6, 6.07) is 10.8. The number of rotatable bonds is 5. The van der Waals surface area contributed by atoms with Gasteiger partial charge in [-0.1, -0.05) is 41.4 Å². The Morgan fingerprint density at radius 2 is 1.82 bits per heavy atom. The number of hydrogen-bond donors (Lipinski definition) is 2. The minimum Gasteiger partial charge on any atom is -0.387 e. The lowest BCUT2D eigenvalue weighted by atomic mass is 10.1. The molecular formula is C16H14Cl2FNO2. The molecule has 0 fully saturated rings. The average molecular weight is 342 g/mol. The number of aliphatic hydroxyl groups excluding tert-OH is 1. The molecule has 0 aromatic heterocycles. The van der Waals surface area contributed by atoms with Crippen molar-refractivity contribution < 1.29 is 14.3 Å². The summed E-state index contributed by atoms with van der Waals surface area (Å²) in [4.78, 5) is 11.8. The molecule has 2 aromatic rings. The molecule has 0 heterocycles. The van der Waals surface area contributed by atoms with Crippen LogP contribution in [-0.2, 0) is 11.2 Å². The number of hydrogen-bond acceptors (Lipinski definition) is 2. The molecule has 2 rings (SSSR count). The fourth-order valence-corrected chi connectivity index (χ4v) is 2.52. The number of nitrogens with one attached hydrogen (secondary N) is 1. The van der Waals surface area contributed by atoms with E-state index in [0.29, 0.717) is 21.2 Å². The van der Waals surface area contributed by atoms with E-state index in [0.717, 1.165) is 0 Å². The standard InChI is InChI=1S/C16H14Cl2FNO2/c17-12-5-11(6-13(18)8-12)15(21)9-20-16(22)7-10-3-1-2-4-14(10)19/h1-6,8,15,21H,7,9H2,(H,20,22). The summed E-state index contributed by atoms with van der Waals surface area (Å²) in [5, 5.41) is 13.4. The molecule has 2 N–H and O–H groups in total. The van der Waals surface area contributed by atoms with Crippen LogP contribution in [0.5, 0.6) is 0 Å². The van der Waals surface area contributed by atoms with E-state index in [1.54, 1.807) is 36.4 Å². The number of benzene rings is 2. The molecule has 6 heteroatoms. The summed E-state index contributed by atoms with van der Waals surface area (Å²) in [5.74, 6) is -0.808. The molecule has 0 aliphatic rings. The van der Waals surface area contributed by atoms with Crippen LogP contribution in [-0.4, -0.2) is 17.6 Å². The van der Waals surface area contributed by atoms with Crippen LogP contribution in [0.2, 0.25) is 10.0 Å². The molecule has 0 saturated heterocycles. The smallest absolute Gasteiger partial charge is 0.224 e. The van der Waals surface area contributed by atoms with E-state index in [-0.39, 0.29) is 18.9 Å². The molecule has 2 aromatic carbocycles. The van der Waals surface area contributed by atoms with Crippen molar-refractivity contribution in [3.63, 3.8) is 0 Å². The average Bonchev–Trinajstić information content (AvgIpc) is 2.46. The van der Waals surface area contributed by atoms with Gasteiger partial charge >= 0.3 is 0 Å². The van der Waals surface area contributed by atoms with Crippen molar-refractivity contribution in [3.8, 4) is 0 Å². The lowest BCUT2D eigenvalue weighted by Gasteiger charge is -2.13. The maximum Gasteiger partial charge on any atom is 0.224 e. The van der Waals surface area contributed by atoms with Gasteiger partial charge in [0.25, 0.3) is 0 Å². The first-order valence-corrected chi connectivity index (χ1v) is 7.35. The van der Waals surface area contributed by atoms with Gasteiger partial charge in [-0.15, -0.1) is 0 Å². The second kappa shape index (κ2) is 7.58. The second-order valence-corrected chi connectivity index (χ2v) is 5.66. The van der Waals surface area contributed by atoms with E-state index in [1.807, 2.05) is 0 Å². The van der Waals surface area contributed by atoms with Crippen molar-refractivity contribution >= 4 is 29.1 Å². The van der Waals surface area contributed by atoms with Crippen LogP contribution in [0.3, 0.4) is 0 Å². The predicted molar refractivity (Wildman–Crippen MR) is 84.5 cm³/mol. The highest BCUT2D eigenvalue weighted by Gasteiger charge is 2.12. The Labute approximate surface area is 137 Å². The molecule has 0 saturated carbocycles. The van der Waals surface area contributed by atoms with Gasteiger partial charge < -0.3 is 10.4 Å². The van der Waals surface area contributed by atoms with Crippen LogP contribution in [0.1, 0.15) is 17.2 Å². The summed E-state index contributed by atoms with van der Waals surface area (Å²) in [6.45, 7) is -0.00996. The molecule has 0 radical (unpaired) electrons. The Morgan fingerprint density at radius 3 is 2.45 bits per heavy atom. The Balaban J connectivity index is 1.92. The normalized spacial score (nSPS) is 12.0. The predicted octanol–water partition coefficient (Wildman–Crippen LogP) is 3.52. The third-order valence-corrected chi connectivity index (χ3v) is 3.51. The van der Waals surface area contributed by atoms with Gasteiger partial charge in [-0.2, -0.15) is 0 Å². The highest BCUT2D eigenvalue weighted by molar-refractivity contribution is 6.34. The Kier molecular flexibility index (Phi) is 5.77. The van der Waals surface area contributed by atoms with E-state index in [1.165, 1.54) is 6.07 Å². The van der Waals surface area contributed by atoms with E-state index in [2.05, 4.69) is 5.32 Å². The van der Waals surface area contributed by atoms with Gasteiger partial charge in [-0.25, -0.2) is 4.39 Å². The zero-order chi connectivity index (χ0) is 16.1. The number of halogens is 3. The van der Waals surface area contributed by atoms with Crippen LogP contribution in [0.4, 0.5) is 4.39 Å². The fourth-order valence-electron chi connectivity index (χ4n) is 1.97. The van der Waals surface area contributed by atoms with Crippen LogP contribution in [0.15, 0.2) is 42.5 Å². The largest absolute Gasteiger partial charge is 0.387 e. The highest BCUT2D eigenvalue weighted by atomic mass is 35.5. The molecule has 116 valence electrons. The lowest BCUT2D eigenvalue weighted by Crippen LogP contribution is -2.29. The van der Waals surface area contributed by atoms with Gasteiger partial charge in [0.05, 0.1) is 12.5 Å². The minimum absolute atomic E-state index is 0.00996. The van der Waals surface area contributed by atoms with Gasteiger partial charge in [0.2, 0.25) is 5.91 Å². The van der Waals surface area contributed by atoms with Crippen LogP contribution in [0, 0.1) is 5.82 Å². The summed E-state index contributed by atoms with van der Waals surface area (Å²) < 4.78 is 13.4. The molecule has 0 bridgehead atoms. The number of carbonyl (C=O) groups is 1. The molecule has 22 heavy (non-hydrogen) atoms. The first-order chi connectivity index (χ1) is 10.5. The van der Waals surface area contributed by atoms with E-state index in [9.17, 15) is 14.3 Å². The van der Waals surface area contributed by atoms with E-state index < -0.39 is 11.9 Å². The molecule has 1 atom stereocenters. The van der Waals surface area contributed by atoms with Gasteiger partial charge in [0.15, 0.2) is 0 Å². The molecule has 1 unspecified atom stereocenters. The fraction of sp³-hybridized carbons (Fsp3) is 0.188. The zero-order valence-electron chi connectivity index (χ0n) is 11.5. The maximum absolute atomic E-state index is 13.4. The van der Waals surface area contributed by atoms with E-state index in [4.69, 9.17) is 23.2 Å². The van der Waals surface area contributed by atoms with Crippen LogP contribution in [0.25, 0.3) is 0 Å². The van der Waals surface area contributed by atoms with Gasteiger partial charge in [-0.3, -0.25) is 4.79 Å². The second-order valence-electron chi connectivity index (χ2n) is 4.79. The summed E-state index contributed by atoms with van der Waals surface area (Å²) in [5.41, 5.74) is 0.809. The first kappa shape index (κ1) is 16.7. The SMILES string of the molecule is O=C(Cc1ccccc1F)NCC(O)c1cc(Cl)cc(Cl)c1. The topological polar surface area (TPSA) is 49.3 Å². The first-order valence-electron chi connectivity index (χ1n) is 6.60.